The van der Waals surface area contributed by atoms with Gasteiger partial charge in [-0.15, -0.1) is 0 Å². The zero-order valence-corrected chi connectivity index (χ0v) is 13.2. The summed E-state index contributed by atoms with van der Waals surface area (Å²) in [5, 5.41) is 3.24. The van der Waals surface area contributed by atoms with E-state index in [1.807, 2.05) is 13.8 Å². The molecule has 6 heteroatoms. The molecule has 112 valence electrons. The zero-order chi connectivity index (χ0) is 15.4. The summed E-state index contributed by atoms with van der Waals surface area (Å²) >= 11 is 3.11. The Morgan fingerprint density at radius 3 is 2.76 bits per heavy atom. The van der Waals surface area contributed by atoms with Crippen molar-refractivity contribution < 1.29 is 13.5 Å². The van der Waals surface area contributed by atoms with Gasteiger partial charge in [0.15, 0.2) is 11.6 Å². The predicted molar refractivity (Wildman–Crippen MR) is 80.3 cm³/mol. The van der Waals surface area contributed by atoms with Crippen LogP contribution in [0.3, 0.4) is 0 Å². The average Bonchev–Trinajstić information content (AvgIpc) is 2.43. The second-order valence-electron chi connectivity index (χ2n) is 4.82. The van der Waals surface area contributed by atoms with Gasteiger partial charge >= 0.3 is 0 Å². The maximum atomic E-state index is 13.8. The van der Waals surface area contributed by atoms with Gasteiger partial charge in [0.2, 0.25) is 5.82 Å². The lowest BCUT2D eigenvalue weighted by Gasteiger charge is -2.13. The average molecular weight is 357 g/mol. The molecule has 1 aromatic heterocycles. The van der Waals surface area contributed by atoms with E-state index in [9.17, 15) is 8.78 Å². The van der Waals surface area contributed by atoms with Crippen LogP contribution < -0.4 is 10.1 Å². The summed E-state index contributed by atoms with van der Waals surface area (Å²) < 4.78 is 33.0. The number of hydrogen-bond donors (Lipinski definition) is 1. The number of nitrogens with zero attached hydrogens (tertiary/aromatic N) is 1. The van der Waals surface area contributed by atoms with Crippen LogP contribution in [0.4, 0.5) is 8.78 Å². The summed E-state index contributed by atoms with van der Waals surface area (Å²) in [7, 11) is 0. The Kier molecular flexibility index (Phi) is 5.25. The molecule has 1 N–H and O–H groups in total. The molecule has 0 fully saturated rings. The minimum absolute atomic E-state index is 0.180. The highest BCUT2D eigenvalue weighted by molar-refractivity contribution is 9.10. The summed E-state index contributed by atoms with van der Waals surface area (Å²) in [6, 6.07) is 4.50. The van der Waals surface area contributed by atoms with Crippen LogP contribution in [0.2, 0.25) is 0 Å². The highest BCUT2D eigenvalue weighted by atomic mass is 79.9. The van der Waals surface area contributed by atoms with Gasteiger partial charge in [0, 0.05) is 28.8 Å². The number of halogens is 3. The van der Waals surface area contributed by atoms with E-state index in [-0.39, 0.29) is 5.75 Å². The zero-order valence-electron chi connectivity index (χ0n) is 11.7. The SMILES string of the molecule is CC(C)NCc1ccncc1Oc1cc(Br)cc(F)c1F. The Morgan fingerprint density at radius 1 is 1.29 bits per heavy atom. The van der Waals surface area contributed by atoms with E-state index in [0.29, 0.717) is 22.8 Å². The molecule has 0 saturated carbocycles. The van der Waals surface area contributed by atoms with Crippen LogP contribution in [0, 0.1) is 11.6 Å². The van der Waals surface area contributed by atoms with Crippen LogP contribution in [0.15, 0.2) is 35.1 Å². The van der Waals surface area contributed by atoms with E-state index in [0.717, 1.165) is 11.6 Å². The first-order chi connectivity index (χ1) is 9.97. The molecule has 0 bridgehead atoms. The molecule has 0 atom stereocenters. The van der Waals surface area contributed by atoms with E-state index >= 15 is 0 Å². The first-order valence-corrected chi connectivity index (χ1v) is 7.25. The second kappa shape index (κ2) is 6.95. The fourth-order valence-corrected chi connectivity index (χ4v) is 2.09. The maximum Gasteiger partial charge on any atom is 0.201 e. The largest absolute Gasteiger partial charge is 0.452 e. The lowest BCUT2D eigenvalue weighted by atomic mass is 10.2. The molecule has 0 amide bonds. The van der Waals surface area contributed by atoms with Crippen molar-refractivity contribution in [2.45, 2.75) is 26.4 Å². The number of ether oxygens (including phenoxy) is 1. The fourth-order valence-electron chi connectivity index (χ4n) is 1.69. The van der Waals surface area contributed by atoms with Crippen molar-refractivity contribution in [3.05, 3.63) is 52.3 Å². The molecule has 0 aliphatic heterocycles. The first-order valence-electron chi connectivity index (χ1n) is 6.46. The van der Waals surface area contributed by atoms with E-state index in [2.05, 4.69) is 26.2 Å². The molecule has 0 aliphatic carbocycles. The monoisotopic (exact) mass is 356 g/mol. The quantitative estimate of drug-likeness (QED) is 0.805. The summed E-state index contributed by atoms with van der Waals surface area (Å²) in [5.41, 5.74) is 0.818. The molecule has 0 spiro atoms. The Labute approximate surface area is 130 Å². The Hall–Kier alpha value is -1.53. The fraction of sp³-hybridized carbons (Fsp3) is 0.267. The van der Waals surface area contributed by atoms with Crippen molar-refractivity contribution in [3.63, 3.8) is 0 Å². The molecule has 2 aromatic rings. The van der Waals surface area contributed by atoms with E-state index in [1.165, 1.54) is 12.3 Å². The van der Waals surface area contributed by atoms with Gasteiger partial charge in [-0.25, -0.2) is 4.39 Å². The molecular formula is C15H15BrF2N2O. The molecule has 3 nitrogen and oxygen atoms in total. The Bertz CT molecular complexity index is 635. The van der Waals surface area contributed by atoms with Crippen molar-refractivity contribution in [1.29, 1.82) is 0 Å². The Balaban J connectivity index is 2.27. The summed E-state index contributed by atoms with van der Waals surface area (Å²) in [4.78, 5) is 3.96. The van der Waals surface area contributed by atoms with Crippen LogP contribution in [-0.2, 0) is 6.54 Å². The van der Waals surface area contributed by atoms with Crippen molar-refractivity contribution >= 4 is 15.9 Å². The van der Waals surface area contributed by atoms with Crippen LogP contribution in [0.25, 0.3) is 0 Å². The lowest BCUT2D eigenvalue weighted by molar-refractivity contribution is 0.409. The lowest BCUT2D eigenvalue weighted by Crippen LogP contribution is -2.22. The molecule has 1 aromatic carbocycles. The molecule has 1 heterocycles. The van der Waals surface area contributed by atoms with Crippen molar-refractivity contribution in [2.75, 3.05) is 0 Å². The third kappa shape index (κ3) is 4.22. The first kappa shape index (κ1) is 15.9. The number of hydrogen-bond acceptors (Lipinski definition) is 3. The van der Waals surface area contributed by atoms with E-state index in [1.54, 1.807) is 12.3 Å². The topological polar surface area (TPSA) is 34.2 Å². The smallest absolute Gasteiger partial charge is 0.201 e. The van der Waals surface area contributed by atoms with Gasteiger partial charge in [-0.2, -0.15) is 4.39 Å². The molecule has 0 aliphatic rings. The van der Waals surface area contributed by atoms with Crippen molar-refractivity contribution in [1.82, 2.24) is 10.3 Å². The highest BCUT2D eigenvalue weighted by Gasteiger charge is 2.14. The molecule has 0 saturated heterocycles. The third-order valence-corrected chi connectivity index (χ3v) is 3.21. The van der Waals surface area contributed by atoms with Gasteiger partial charge in [-0.05, 0) is 18.2 Å². The van der Waals surface area contributed by atoms with Crippen LogP contribution in [-0.4, -0.2) is 11.0 Å². The molecule has 0 radical (unpaired) electrons. The van der Waals surface area contributed by atoms with Gasteiger partial charge < -0.3 is 10.1 Å². The van der Waals surface area contributed by atoms with Gasteiger partial charge in [-0.1, -0.05) is 29.8 Å². The number of benzene rings is 1. The predicted octanol–water partition coefficient (Wildman–Crippen LogP) is 4.41. The van der Waals surface area contributed by atoms with Gasteiger partial charge in [0.25, 0.3) is 0 Å². The minimum atomic E-state index is -1.02. The standard InChI is InChI=1S/C15H15BrF2N2O/c1-9(2)20-7-10-3-4-19-8-14(10)21-13-6-11(16)5-12(17)15(13)18/h3-6,8-9,20H,7H2,1-2H3. The van der Waals surface area contributed by atoms with E-state index < -0.39 is 11.6 Å². The Morgan fingerprint density at radius 2 is 2.05 bits per heavy atom. The molecular weight excluding hydrogens is 342 g/mol. The van der Waals surface area contributed by atoms with E-state index in [4.69, 9.17) is 4.74 Å². The normalized spacial score (nSPS) is 11.0. The van der Waals surface area contributed by atoms with Gasteiger partial charge in [-0.3, -0.25) is 4.98 Å². The minimum Gasteiger partial charge on any atom is -0.452 e. The van der Waals surface area contributed by atoms with Crippen LogP contribution in [0.1, 0.15) is 19.4 Å². The van der Waals surface area contributed by atoms with Gasteiger partial charge in [0.05, 0.1) is 6.20 Å². The van der Waals surface area contributed by atoms with Crippen molar-refractivity contribution in [2.24, 2.45) is 0 Å². The number of aromatic nitrogens is 1. The summed E-state index contributed by atoms with van der Waals surface area (Å²) in [6.45, 7) is 4.59. The summed E-state index contributed by atoms with van der Waals surface area (Å²) in [5.74, 6) is -1.78. The third-order valence-electron chi connectivity index (χ3n) is 2.75. The van der Waals surface area contributed by atoms with Crippen LogP contribution in [0.5, 0.6) is 11.5 Å². The maximum absolute atomic E-state index is 13.8. The molecule has 0 unspecified atom stereocenters. The van der Waals surface area contributed by atoms with Crippen LogP contribution >= 0.6 is 15.9 Å². The number of pyridine rings is 1. The highest BCUT2D eigenvalue weighted by Crippen LogP contribution is 2.30. The molecule has 2 rings (SSSR count). The van der Waals surface area contributed by atoms with Gasteiger partial charge in [0.1, 0.15) is 5.75 Å². The molecule has 21 heavy (non-hydrogen) atoms. The second-order valence-corrected chi connectivity index (χ2v) is 5.74. The number of rotatable bonds is 5. The number of nitrogens with one attached hydrogen (secondary N) is 1. The summed E-state index contributed by atoms with van der Waals surface area (Å²) in [6.07, 6.45) is 3.11. The van der Waals surface area contributed by atoms with Crippen molar-refractivity contribution in [3.8, 4) is 11.5 Å².